The Labute approximate surface area is 69.9 Å². The SMILES string of the molecule is C.O=C1OC(CCO)C(O)=C1O. The molecule has 0 amide bonds. The van der Waals surface area contributed by atoms with Crippen LogP contribution in [0.2, 0.25) is 0 Å². The third kappa shape index (κ3) is 1.68. The molecule has 70 valence electrons. The molecule has 0 fully saturated rings. The van der Waals surface area contributed by atoms with E-state index in [1.54, 1.807) is 0 Å². The third-order valence-electron chi connectivity index (χ3n) is 1.38. The number of hydrogen-bond acceptors (Lipinski definition) is 5. The lowest BCUT2D eigenvalue weighted by molar-refractivity contribution is -0.142. The van der Waals surface area contributed by atoms with Gasteiger partial charge in [0.1, 0.15) is 0 Å². The standard InChI is InChI=1S/C6H8O5.CH4/c7-2-1-3-4(8)5(9)6(10)11-3;/h3,7-9H,1-2H2;1H4. The molecule has 1 aliphatic heterocycles. The van der Waals surface area contributed by atoms with Gasteiger partial charge < -0.3 is 20.1 Å². The molecule has 1 heterocycles. The topological polar surface area (TPSA) is 87.0 Å². The summed E-state index contributed by atoms with van der Waals surface area (Å²) in [6, 6.07) is 0. The monoisotopic (exact) mass is 176 g/mol. The quantitative estimate of drug-likeness (QED) is 0.525. The Balaban J connectivity index is 0.00000121. The van der Waals surface area contributed by atoms with Crippen molar-refractivity contribution in [3.05, 3.63) is 11.5 Å². The number of hydrogen-bond donors (Lipinski definition) is 3. The van der Waals surface area contributed by atoms with E-state index in [2.05, 4.69) is 4.74 Å². The van der Waals surface area contributed by atoms with Crippen molar-refractivity contribution in [1.82, 2.24) is 0 Å². The molecule has 1 rings (SSSR count). The predicted octanol–water partition coefficient (Wildman–Crippen LogP) is 0.258. The van der Waals surface area contributed by atoms with Crippen LogP contribution in [-0.4, -0.2) is 34.0 Å². The summed E-state index contributed by atoms with van der Waals surface area (Å²) >= 11 is 0. The lowest BCUT2D eigenvalue weighted by Gasteiger charge is -2.05. The molecule has 0 aromatic carbocycles. The van der Waals surface area contributed by atoms with E-state index in [0.717, 1.165) is 0 Å². The van der Waals surface area contributed by atoms with Crippen LogP contribution in [0, 0.1) is 0 Å². The van der Waals surface area contributed by atoms with Gasteiger partial charge in [0.05, 0.1) is 0 Å². The molecular formula is C7H12O5. The highest BCUT2D eigenvalue weighted by Crippen LogP contribution is 2.20. The van der Waals surface area contributed by atoms with Gasteiger partial charge >= 0.3 is 5.97 Å². The molecule has 0 saturated heterocycles. The number of aliphatic hydroxyl groups is 3. The lowest BCUT2D eigenvalue weighted by atomic mass is 10.2. The molecule has 0 bridgehead atoms. The maximum atomic E-state index is 10.5. The maximum absolute atomic E-state index is 10.5. The van der Waals surface area contributed by atoms with E-state index in [-0.39, 0.29) is 20.5 Å². The molecule has 0 aromatic heterocycles. The fourth-order valence-corrected chi connectivity index (χ4v) is 0.811. The van der Waals surface area contributed by atoms with Gasteiger partial charge in [0, 0.05) is 13.0 Å². The van der Waals surface area contributed by atoms with Crippen molar-refractivity contribution in [2.75, 3.05) is 6.61 Å². The Morgan fingerprint density at radius 1 is 1.42 bits per heavy atom. The molecule has 0 spiro atoms. The van der Waals surface area contributed by atoms with Crippen LogP contribution in [0.15, 0.2) is 11.5 Å². The second-order valence-corrected chi connectivity index (χ2v) is 2.14. The van der Waals surface area contributed by atoms with Crippen LogP contribution < -0.4 is 0 Å². The first-order valence-electron chi connectivity index (χ1n) is 3.10. The molecule has 0 aromatic rings. The normalized spacial score (nSPS) is 22.1. The van der Waals surface area contributed by atoms with Gasteiger partial charge in [-0.1, -0.05) is 7.43 Å². The van der Waals surface area contributed by atoms with Gasteiger partial charge in [-0.25, -0.2) is 4.79 Å². The minimum absolute atomic E-state index is 0. The Hall–Kier alpha value is -1.23. The summed E-state index contributed by atoms with van der Waals surface area (Å²) in [5.74, 6) is -2.20. The summed E-state index contributed by atoms with van der Waals surface area (Å²) in [5.41, 5.74) is 0. The molecule has 5 nitrogen and oxygen atoms in total. The highest BCUT2D eigenvalue weighted by Gasteiger charge is 2.33. The van der Waals surface area contributed by atoms with Crippen LogP contribution in [0.1, 0.15) is 13.8 Å². The number of ether oxygens (including phenoxy) is 1. The van der Waals surface area contributed by atoms with Crippen molar-refractivity contribution >= 4 is 5.97 Å². The Bertz CT molecular complexity index is 208. The maximum Gasteiger partial charge on any atom is 0.377 e. The summed E-state index contributed by atoms with van der Waals surface area (Å²) in [4.78, 5) is 10.5. The molecule has 0 saturated carbocycles. The van der Waals surface area contributed by atoms with Gasteiger partial charge in [0.25, 0.3) is 0 Å². The molecule has 0 aliphatic carbocycles. The van der Waals surface area contributed by atoms with Crippen molar-refractivity contribution in [1.29, 1.82) is 0 Å². The first-order chi connectivity index (χ1) is 5.16. The van der Waals surface area contributed by atoms with Crippen LogP contribution in [0.3, 0.4) is 0 Å². The second kappa shape index (κ2) is 3.96. The number of rotatable bonds is 2. The summed E-state index contributed by atoms with van der Waals surface area (Å²) in [6.07, 6.45) is -0.783. The molecule has 1 unspecified atom stereocenters. The first-order valence-corrected chi connectivity index (χ1v) is 3.10. The van der Waals surface area contributed by atoms with Crippen LogP contribution in [0.5, 0.6) is 0 Å². The van der Waals surface area contributed by atoms with Crippen LogP contribution in [0.25, 0.3) is 0 Å². The minimum Gasteiger partial charge on any atom is -0.505 e. The second-order valence-electron chi connectivity index (χ2n) is 2.14. The van der Waals surface area contributed by atoms with Gasteiger partial charge in [-0.05, 0) is 0 Å². The fraction of sp³-hybridized carbons (Fsp3) is 0.571. The van der Waals surface area contributed by atoms with Gasteiger partial charge in [-0.3, -0.25) is 0 Å². The molecule has 5 heteroatoms. The number of carbonyl (C=O) groups excluding carboxylic acids is 1. The first kappa shape index (κ1) is 10.8. The molecule has 3 N–H and O–H groups in total. The van der Waals surface area contributed by atoms with Gasteiger partial charge in [-0.2, -0.15) is 0 Å². The van der Waals surface area contributed by atoms with Crippen LogP contribution in [0.4, 0.5) is 0 Å². The summed E-state index contributed by atoms with van der Waals surface area (Å²) in [5, 5.41) is 26.1. The van der Waals surface area contributed by atoms with Crippen molar-refractivity contribution in [3.8, 4) is 0 Å². The Morgan fingerprint density at radius 2 is 2.00 bits per heavy atom. The van der Waals surface area contributed by atoms with Crippen LogP contribution in [-0.2, 0) is 9.53 Å². The lowest BCUT2D eigenvalue weighted by Crippen LogP contribution is -2.13. The summed E-state index contributed by atoms with van der Waals surface area (Å²) in [6.45, 7) is -0.213. The largest absolute Gasteiger partial charge is 0.505 e. The average molecular weight is 176 g/mol. The highest BCUT2D eigenvalue weighted by molar-refractivity contribution is 5.88. The number of cyclic esters (lactones) is 1. The zero-order valence-electron chi connectivity index (χ0n) is 5.65. The summed E-state index contributed by atoms with van der Waals surface area (Å²) < 4.78 is 4.45. The van der Waals surface area contributed by atoms with Crippen molar-refractivity contribution in [2.24, 2.45) is 0 Å². The minimum atomic E-state index is -0.944. The van der Waals surface area contributed by atoms with Crippen molar-refractivity contribution in [3.63, 3.8) is 0 Å². The van der Waals surface area contributed by atoms with E-state index >= 15 is 0 Å². The summed E-state index contributed by atoms with van der Waals surface area (Å²) in [7, 11) is 0. The van der Waals surface area contributed by atoms with E-state index in [1.807, 2.05) is 0 Å². The fourth-order valence-electron chi connectivity index (χ4n) is 0.811. The predicted molar refractivity (Wildman–Crippen MR) is 40.6 cm³/mol. The van der Waals surface area contributed by atoms with Crippen molar-refractivity contribution in [2.45, 2.75) is 20.0 Å². The van der Waals surface area contributed by atoms with Crippen molar-refractivity contribution < 1.29 is 24.9 Å². The Morgan fingerprint density at radius 3 is 2.33 bits per heavy atom. The molecular weight excluding hydrogens is 164 g/mol. The molecule has 0 radical (unpaired) electrons. The molecule has 1 atom stereocenters. The molecule has 1 aliphatic rings. The smallest absolute Gasteiger partial charge is 0.377 e. The zero-order valence-corrected chi connectivity index (χ0v) is 5.65. The Kier molecular flexibility index (Phi) is 3.56. The van der Waals surface area contributed by atoms with Crippen LogP contribution >= 0.6 is 0 Å². The van der Waals surface area contributed by atoms with Gasteiger partial charge in [0.2, 0.25) is 5.76 Å². The van der Waals surface area contributed by atoms with E-state index in [4.69, 9.17) is 15.3 Å². The number of esters is 1. The highest BCUT2D eigenvalue weighted by atomic mass is 16.6. The van der Waals surface area contributed by atoms with Gasteiger partial charge in [-0.15, -0.1) is 0 Å². The number of aliphatic hydroxyl groups excluding tert-OH is 3. The van der Waals surface area contributed by atoms with E-state index in [0.29, 0.717) is 0 Å². The van der Waals surface area contributed by atoms with E-state index in [1.165, 1.54) is 0 Å². The van der Waals surface area contributed by atoms with Gasteiger partial charge in [0.15, 0.2) is 11.9 Å². The third-order valence-corrected chi connectivity index (χ3v) is 1.38. The number of carbonyl (C=O) groups is 1. The zero-order chi connectivity index (χ0) is 8.43. The average Bonchev–Trinajstić information content (AvgIpc) is 2.19. The van der Waals surface area contributed by atoms with E-state index < -0.39 is 23.6 Å². The molecule has 12 heavy (non-hydrogen) atoms. The van der Waals surface area contributed by atoms with E-state index in [9.17, 15) is 4.79 Å².